The average molecular weight is 599 g/mol. The fraction of sp³-hybridized carbons (Fsp3) is 0.444. The lowest BCUT2D eigenvalue weighted by molar-refractivity contribution is 0.308. The van der Waals surface area contributed by atoms with E-state index in [4.69, 9.17) is 9.97 Å². The highest BCUT2D eigenvalue weighted by Gasteiger charge is 2.24. The molecule has 4 aromatic rings. The van der Waals surface area contributed by atoms with Crippen LogP contribution in [0, 0.1) is 18.8 Å². The number of nitrogens with zero attached hydrogens (tertiary/aromatic N) is 3. The first kappa shape index (κ1) is 31.0. The molecule has 1 saturated carbocycles. The van der Waals surface area contributed by atoms with Crippen LogP contribution in [0.5, 0.6) is 0 Å². The lowest BCUT2D eigenvalue weighted by atomic mass is 9.82. The van der Waals surface area contributed by atoms with Crippen molar-refractivity contribution >= 4 is 32.5 Å². The van der Waals surface area contributed by atoms with Gasteiger partial charge >= 0.3 is 0 Å². The number of aromatic nitrogens is 2. The number of aryl methyl sites for hydroxylation is 1. The van der Waals surface area contributed by atoms with E-state index in [0.29, 0.717) is 10.9 Å². The van der Waals surface area contributed by atoms with E-state index < -0.39 is 9.84 Å². The third kappa shape index (κ3) is 8.56. The average Bonchev–Trinajstić information content (AvgIpc) is 3.00. The largest absolute Gasteiger partial charge is 0.362 e. The highest BCUT2D eigenvalue weighted by atomic mass is 32.2. The lowest BCUT2D eigenvalue weighted by Crippen LogP contribution is -2.27. The molecule has 228 valence electrons. The van der Waals surface area contributed by atoms with E-state index in [1.807, 2.05) is 63.5 Å². The molecule has 1 heterocycles. The molecule has 0 spiro atoms. The molecule has 3 aromatic carbocycles. The Morgan fingerprint density at radius 1 is 0.860 bits per heavy atom. The molecule has 0 radical (unpaired) electrons. The topological polar surface area (TPSA) is 75.2 Å². The van der Waals surface area contributed by atoms with Gasteiger partial charge in [-0.2, -0.15) is 4.98 Å². The Morgan fingerprint density at radius 3 is 2.28 bits per heavy atom. The van der Waals surface area contributed by atoms with E-state index in [9.17, 15) is 8.42 Å². The van der Waals surface area contributed by atoms with Gasteiger partial charge in [-0.25, -0.2) is 13.4 Å². The summed E-state index contributed by atoms with van der Waals surface area (Å²) in [5, 5.41) is 4.70. The Bertz CT molecular complexity index is 1560. The zero-order valence-electron chi connectivity index (χ0n) is 25.9. The summed E-state index contributed by atoms with van der Waals surface area (Å²) in [7, 11) is 0.723. The minimum absolute atomic E-state index is 0.114. The number of hydrogen-bond donors (Lipinski definition) is 1. The molecule has 6 nitrogen and oxygen atoms in total. The monoisotopic (exact) mass is 598 g/mol. The first-order valence-corrected chi connectivity index (χ1v) is 17.5. The van der Waals surface area contributed by atoms with Crippen LogP contribution < -0.4 is 10.2 Å². The zero-order valence-corrected chi connectivity index (χ0v) is 26.7. The third-order valence-corrected chi connectivity index (χ3v) is 10.8. The van der Waals surface area contributed by atoms with E-state index in [1.54, 1.807) is 12.1 Å². The summed E-state index contributed by atoms with van der Waals surface area (Å²) in [6, 6.07) is 26.2. The number of rotatable bonds is 13. The van der Waals surface area contributed by atoms with Crippen LogP contribution in [0.4, 0.5) is 11.8 Å². The van der Waals surface area contributed by atoms with Crippen LogP contribution in [0.3, 0.4) is 0 Å². The molecule has 0 aliphatic heterocycles. The van der Waals surface area contributed by atoms with Gasteiger partial charge in [-0.1, -0.05) is 79.4 Å². The van der Waals surface area contributed by atoms with Crippen LogP contribution in [0.15, 0.2) is 83.8 Å². The molecule has 0 bridgehead atoms. The Hall–Kier alpha value is -3.45. The molecule has 1 unspecified atom stereocenters. The molecule has 1 fully saturated rings. The summed E-state index contributed by atoms with van der Waals surface area (Å²) in [6.45, 7) is 1.98. The van der Waals surface area contributed by atoms with Gasteiger partial charge in [-0.15, -0.1) is 0 Å². The molecular weight excluding hydrogens is 552 g/mol. The molecule has 1 N–H and O–H groups in total. The SMILES string of the molecule is Cc1ccc(S(=O)(=O)CC(CCCCC2CCC(Nc3nc(N(C)C)c4ccccc4n3)CC2)Cc2ccccc2)cc1. The van der Waals surface area contributed by atoms with Crippen molar-refractivity contribution in [2.24, 2.45) is 11.8 Å². The number of anilines is 2. The smallest absolute Gasteiger partial charge is 0.225 e. The predicted molar refractivity (Wildman–Crippen MR) is 179 cm³/mol. The van der Waals surface area contributed by atoms with Crippen molar-refractivity contribution in [1.29, 1.82) is 0 Å². The second-order valence-corrected chi connectivity index (χ2v) is 14.6. The quantitative estimate of drug-likeness (QED) is 0.158. The van der Waals surface area contributed by atoms with Crippen molar-refractivity contribution in [3.8, 4) is 0 Å². The summed E-state index contributed by atoms with van der Waals surface area (Å²) in [6.07, 6.45) is 9.84. The van der Waals surface area contributed by atoms with Crippen LogP contribution in [0.25, 0.3) is 10.9 Å². The second kappa shape index (κ2) is 14.3. The first-order chi connectivity index (χ1) is 20.8. The maximum Gasteiger partial charge on any atom is 0.225 e. The highest BCUT2D eigenvalue weighted by molar-refractivity contribution is 7.91. The van der Waals surface area contributed by atoms with Crippen LogP contribution in [-0.2, 0) is 16.3 Å². The van der Waals surface area contributed by atoms with E-state index in [0.717, 1.165) is 72.7 Å². The minimum Gasteiger partial charge on any atom is -0.362 e. The molecule has 5 rings (SSSR count). The summed E-state index contributed by atoms with van der Waals surface area (Å²) < 4.78 is 26.6. The first-order valence-electron chi connectivity index (χ1n) is 15.8. The predicted octanol–water partition coefficient (Wildman–Crippen LogP) is 7.87. The molecule has 1 aliphatic carbocycles. The van der Waals surface area contributed by atoms with Gasteiger partial charge in [0, 0.05) is 25.5 Å². The van der Waals surface area contributed by atoms with Crippen molar-refractivity contribution in [2.75, 3.05) is 30.1 Å². The normalized spacial score (nSPS) is 17.9. The fourth-order valence-corrected chi connectivity index (χ4v) is 8.10. The van der Waals surface area contributed by atoms with Gasteiger partial charge in [0.1, 0.15) is 5.82 Å². The van der Waals surface area contributed by atoms with Crippen molar-refractivity contribution in [2.45, 2.75) is 75.6 Å². The molecule has 0 amide bonds. The molecule has 1 aliphatic rings. The summed E-state index contributed by atoms with van der Waals surface area (Å²) in [5.41, 5.74) is 3.25. The second-order valence-electron chi connectivity index (χ2n) is 12.6. The van der Waals surface area contributed by atoms with E-state index in [-0.39, 0.29) is 11.7 Å². The van der Waals surface area contributed by atoms with Crippen LogP contribution in [0.1, 0.15) is 62.5 Å². The maximum atomic E-state index is 13.3. The summed E-state index contributed by atoms with van der Waals surface area (Å²) >= 11 is 0. The molecule has 0 saturated heterocycles. The molecule has 43 heavy (non-hydrogen) atoms. The van der Waals surface area contributed by atoms with Gasteiger partial charge in [0.15, 0.2) is 9.84 Å². The van der Waals surface area contributed by atoms with Gasteiger partial charge < -0.3 is 10.2 Å². The lowest BCUT2D eigenvalue weighted by Gasteiger charge is -2.29. The number of fused-ring (bicyclic) bond motifs is 1. The van der Waals surface area contributed by atoms with Gasteiger partial charge in [0.05, 0.1) is 16.2 Å². The minimum atomic E-state index is -3.33. The van der Waals surface area contributed by atoms with Crippen LogP contribution in [-0.4, -0.2) is 44.3 Å². The Kier molecular flexibility index (Phi) is 10.3. The molecule has 1 atom stereocenters. The van der Waals surface area contributed by atoms with E-state index in [2.05, 4.69) is 34.5 Å². The summed E-state index contributed by atoms with van der Waals surface area (Å²) in [4.78, 5) is 12.1. The molecule has 7 heteroatoms. The molecular formula is C36H46N4O2S. The van der Waals surface area contributed by atoms with Crippen molar-refractivity contribution < 1.29 is 8.42 Å². The standard InChI is InChI=1S/C36H46N4O2S/c1-27-17-23-32(24-18-27)43(41,42)26-30(25-29-12-5-4-6-13-29)14-8-7-11-28-19-21-31(22-20-28)37-36-38-34-16-10-9-15-33(34)35(39-36)40(2)3/h4-6,9-10,12-13,15-18,23-24,28,30-31H,7-8,11,14,19-22,25-26H2,1-3H3,(H,37,38,39). The van der Waals surface area contributed by atoms with Gasteiger partial charge in [0.25, 0.3) is 0 Å². The van der Waals surface area contributed by atoms with Crippen LogP contribution >= 0.6 is 0 Å². The Labute approximate surface area is 257 Å². The zero-order chi connectivity index (χ0) is 30.2. The molecule has 1 aromatic heterocycles. The van der Waals surface area contributed by atoms with Gasteiger partial charge in [0.2, 0.25) is 5.95 Å². The third-order valence-electron chi connectivity index (χ3n) is 8.86. The van der Waals surface area contributed by atoms with E-state index >= 15 is 0 Å². The summed E-state index contributed by atoms with van der Waals surface area (Å²) in [5.74, 6) is 2.71. The number of sulfone groups is 1. The van der Waals surface area contributed by atoms with Gasteiger partial charge in [-0.3, -0.25) is 0 Å². The Balaban J connectivity index is 1.11. The number of hydrogen-bond acceptors (Lipinski definition) is 6. The maximum absolute atomic E-state index is 13.3. The number of benzene rings is 3. The van der Waals surface area contributed by atoms with Crippen molar-refractivity contribution in [1.82, 2.24) is 9.97 Å². The van der Waals surface area contributed by atoms with Crippen molar-refractivity contribution in [3.05, 3.63) is 90.0 Å². The highest BCUT2D eigenvalue weighted by Crippen LogP contribution is 2.32. The number of nitrogens with one attached hydrogen (secondary N) is 1. The van der Waals surface area contributed by atoms with Crippen LogP contribution in [0.2, 0.25) is 0 Å². The van der Waals surface area contributed by atoms with Gasteiger partial charge in [-0.05, 0) is 87.1 Å². The number of unbranched alkanes of at least 4 members (excludes halogenated alkanes) is 1. The van der Waals surface area contributed by atoms with E-state index in [1.165, 1.54) is 24.8 Å². The number of para-hydroxylation sites is 1. The fourth-order valence-electron chi connectivity index (χ4n) is 6.45. The Morgan fingerprint density at radius 2 is 1.56 bits per heavy atom. The van der Waals surface area contributed by atoms with Crippen molar-refractivity contribution in [3.63, 3.8) is 0 Å².